The zero-order valence-electron chi connectivity index (χ0n) is 10.7. The molecule has 1 rings (SSSR count). The largest absolute Gasteiger partial charge is 0.497 e. The summed E-state index contributed by atoms with van der Waals surface area (Å²) in [4.78, 5) is 0. The second-order valence-corrected chi connectivity index (χ2v) is 13.6. The molecule has 0 heterocycles. The first-order valence-electron chi connectivity index (χ1n) is 5.14. The summed E-state index contributed by atoms with van der Waals surface area (Å²) in [5.74, 6) is 0.848. The second-order valence-electron chi connectivity index (χ2n) is 4.24. The number of hydrogen-bond donors (Lipinski definition) is 1. The highest BCUT2D eigenvalue weighted by Crippen LogP contribution is 2.63. The van der Waals surface area contributed by atoms with Crippen LogP contribution in [0.15, 0.2) is 28.8 Å². The fourth-order valence-corrected chi connectivity index (χ4v) is 9.66. The van der Waals surface area contributed by atoms with Crippen LogP contribution in [-0.2, 0) is 0 Å². The Morgan fingerprint density at radius 2 is 1.76 bits per heavy atom. The molecule has 0 aromatic heterocycles. The Morgan fingerprint density at radius 1 is 1.24 bits per heavy atom. The lowest BCUT2D eigenvalue weighted by molar-refractivity contribution is 0.415. The number of benzene rings is 1. The normalized spacial score (nSPS) is 15.3. The number of rotatable bonds is 4. The fourth-order valence-electron chi connectivity index (χ4n) is 1.46. The van der Waals surface area contributed by atoms with E-state index in [9.17, 15) is 0 Å². The standard InChI is InChI=1S/C11H19N2OP3/c1-14-10-6-8-11(9-7-10)17(5,15-2)13-16(3,4)12/h6-9,12H,2H2,1,3-5H3. The zero-order chi connectivity index (χ0) is 13.1. The van der Waals surface area contributed by atoms with Crippen molar-refractivity contribution in [3.8, 4) is 5.75 Å². The van der Waals surface area contributed by atoms with Gasteiger partial charge in [-0.05, 0) is 44.3 Å². The molecule has 0 bridgehead atoms. The number of nitrogens with zero attached hydrogens (tertiary/aromatic N) is 1. The van der Waals surface area contributed by atoms with Crippen molar-refractivity contribution >= 4 is 33.4 Å². The summed E-state index contributed by atoms with van der Waals surface area (Å²) in [7, 11) is 0.786. The summed E-state index contributed by atoms with van der Waals surface area (Å²) >= 11 is 0. The molecule has 0 saturated carbocycles. The first kappa shape index (κ1) is 14.7. The van der Waals surface area contributed by atoms with Crippen LogP contribution in [0.5, 0.6) is 5.75 Å². The molecule has 0 aliphatic heterocycles. The van der Waals surface area contributed by atoms with E-state index in [-0.39, 0.29) is 0 Å². The topological polar surface area (TPSA) is 45.4 Å². The Labute approximate surface area is 105 Å². The van der Waals surface area contributed by atoms with Gasteiger partial charge in [-0.1, -0.05) is 14.2 Å². The summed E-state index contributed by atoms with van der Waals surface area (Å²) < 4.78 is 9.91. The molecule has 17 heavy (non-hydrogen) atoms. The molecular weight excluding hydrogens is 269 g/mol. The van der Waals surface area contributed by atoms with Crippen LogP contribution in [0.4, 0.5) is 0 Å². The van der Waals surface area contributed by atoms with Gasteiger partial charge in [-0.25, -0.2) is 0 Å². The molecule has 0 fully saturated rings. The molecule has 0 saturated heterocycles. The molecule has 3 nitrogen and oxygen atoms in total. The molecule has 1 unspecified atom stereocenters. The van der Waals surface area contributed by atoms with Gasteiger partial charge in [0.2, 0.25) is 0 Å². The van der Waals surface area contributed by atoms with Crippen LogP contribution in [0.1, 0.15) is 0 Å². The van der Waals surface area contributed by atoms with Crippen molar-refractivity contribution in [2.24, 2.45) is 4.52 Å². The van der Waals surface area contributed by atoms with Crippen molar-refractivity contribution in [2.75, 3.05) is 27.1 Å². The van der Waals surface area contributed by atoms with Crippen LogP contribution in [0.25, 0.3) is 0 Å². The maximum atomic E-state index is 8.03. The lowest BCUT2D eigenvalue weighted by Crippen LogP contribution is -1.99. The highest BCUT2D eigenvalue weighted by Gasteiger charge is 2.15. The smallest absolute Gasteiger partial charge is 0.118 e. The van der Waals surface area contributed by atoms with E-state index in [2.05, 4.69) is 13.0 Å². The Balaban J connectivity index is 3.31. The highest BCUT2D eigenvalue weighted by molar-refractivity contribution is 8.29. The van der Waals surface area contributed by atoms with E-state index in [4.69, 9.17) is 14.4 Å². The van der Waals surface area contributed by atoms with Gasteiger partial charge in [0.15, 0.2) is 0 Å². The van der Waals surface area contributed by atoms with E-state index < -0.39 is 13.9 Å². The van der Waals surface area contributed by atoms with Gasteiger partial charge in [0.25, 0.3) is 0 Å². The molecule has 1 aromatic rings. The molecule has 0 aliphatic rings. The third kappa shape index (κ3) is 4.11. The van der Waals surface area contributed by atoms with E-state index in [0.717, 1.165) is 13.6 Å². The van der Waals surface area contributed by atoms with Gasteiger partial charge in [0.05, 0.1) is 14.3 Å². The minimum absolute atomic E-state index is 0.848. The molecule has 0 aliphatic carbocycles. The number of hydrogen-bond acceptors (Lipinski definition) is 2. The highest BCUT2D eigenvalue weighted by atomic mass is 32.1. The maximum Gasteiger partial charge on any atom is 0.118 e. The molecule has 6 heteroatoms. The maximum absolute atomic E-state index is 8.03. The Hall–Kier alpha value is -0.350. The van der Waals surface area contributed by atoms with Gasteiger partial charge in [0, 0.05) is 12.0 Å². The summed E-state index contributed by atoms with van der Waals surface area (Å²) in [5.41, 5.74) is 0. The van der Waals surface area contributed by atoms with E-state index in [1.54, 1.807) is 7.11 Å². The third-order valence-corrected chi connectivity index (χ3v) is 10.3. The average Bonchev–Trinajstić information content (AvgIpc) is 2.27. The van der Waals surface area contributed by atoms with Gasteiger partial charge in [0.1, 0.15) is 5.75 Å². The van der Waals surface area contributed by atoms with E-state index in [0.29, 0.717) is 0 Å². The fraction of sp³-hybridized carbons (Fsp3) is 0.364. The van der Waals surface area contributed by atoms with Crippen LogP contribution >= 0.6 is 21.8 Å². The Kier molecular flexibility index (Phi) is 4.78. The van der Waals surface area contributed by atoms with Gasteiger partial charge in [-0.15, -0.1) is 0 Å². The van der Waals surface area contributed by atoms with Gasteiger partial charge >= 0.3 is 0 Å². The van der Waals surface area contributed by atoms with E-state index in [1.807, 2.05) is 37.6 Å². The SMILES string of the molecule is C=PP(C)(=NP(C)(C)=N)c1ccc(OC)cc1. The lowest BCUT2D eigenvalue weighted by atomic mass is 10.3. The summed E-state index contributed by atoms with van der Waals surface area (Å²) in [6.07, 6.45) is 3.99. The summed E-state index contributed by atoms with van der Waals surface area (Å²) in [6.45, 7) is 4.31. The zero-order valence-corrected chi connectivity index (χ0v) is 13.4. The van der Waals surface area contributed by atoms with Crippen LogP contribution in [0.3, 0.4) is 0 Å². The molecule has 1 aromatic carbocycles. The monoisotopic (exact) mass is 288 g/mol. The van der Waals surface area contributed by atoms with E-state index in [1.165, 1.54) is 5.30 Å². The van der Waals surface area contributed by atoms with Gasteiger partial charge in [-0.2, -0.15) is 0 Å². The van der Waals surface area contributed by atoms with Crippen molar-refractivity contribution in [3.63, 3.8) is 0 Å². The number of methoxy groups -OCH3 is 1. The second kappa shape index (κ2) is 5.53. The van der Waals surface area contributed by atoms with Crippen molar-refractivity contribution in [1.82, 2.24) is 0 Å². The first-order chi connectivity index (χ1) is 7.80. The lowest BCUT2D eigenvalue weighted by Gasteiger charge is -2.18. The Morgan fingerprint density at radius 3 is 2.12 bits per heavy atom. The summed E-state index contributed by atoms with van der Waals surface area (Å²) in [6, 6.07) is 7.99. The van der Waals surface area contributed by atoms with Crippen molar-refractivity contribution in [1.29, 1.82) is 5.16 Å². The molecule has 94 valence electrons. The van der Waals surface area contributed by atoms with Crippen molar-refractivity contribution < 1.29 is 4.74 Å². The predicted molar refractivity (Wildman–Crippen MR) is 83.4 cm³/mol. The molecule has 1 atom stereocenters. The average molecular weight is 288 g/mol. The van der Waals surface area contributed by atoms with Crippen LogP contribution in [0.2, 0.25) is 0 Å². The third-order valence-electron chi connectivity index (χ3n) is 2.23. The van der Waals surface area contributed by atoms with Crippen LogP contribution < -0.4 is 10.0 Å². The van der Waals surface area contributed by atoms with Gasteiger partial charge in [-0.3, -0.25) is 9.68 Å². The van der Waals surface area contributed by atoms with Crippen LogP contribution in [0, 0.1) is 5.16 Å². The van der Waals surface area contributed by atoms with Gasteiger partial charge < -0.3 is 4.74 Å². The number of ether oxygens (including phenoxy) is 1. The molecule has 0 radical (unpaired) electrons. The minimum atomic E-state index is -1.89. The summed E-state index contributed by atoms with van der Waals surface area (Å²) in [5, 5.41) is 9.22. The van der Waals surface area contributed by atoms with Crippen molar-refractivity contribution in [3.05, 3.63) is 24.3 Å². The van der Waals surface area contributed by atoms with E-state index >= 15 is 0 Å². The molecule has 0 amide bonds. The quantitative estimate of drug-likeness (QED) is 0.820. The molecule has 0 spiro atoms. The van der Waals surface area contributed by atoms with Crippen LogP contribution in [-0.4, -0.2) is 33.4 Å². The van der Waals surface area contributed by atoms with Crippen molar-refractivity contribution in [2.45, 2.75) is 0 Å². The molecular formula is C11H19N2OP3. The predicted octanol–water partition coefficient (Wildman–Crippen LogP) is 4.40. The Bertz CT molecular complexity index is 502. The number of nitrogens with one attached hydrogen (secondary N) is 1. The first-order valence-corrected chi connectivity index (χ1v) is 11.7. The molecule has 1 N–H and O–H groups in total. The minimum Gasteiger partial charge on any atom is -0.497 e.